The van der Waals surface area contributed by atoms with Crippen molar-refractivity contribution in [3.05, 3.63) is 47.5 Å². The molecule has 0 saturated carbocycles. The highest BCUT2D eigenvalue weighted by Gasteiger charge is 2.17. The van der Waals surface area contributed by atoms with Crippen molar-refractivity contribution in [1.82, 2.24) is 10.6 Å². The zero-order valence-corrected chi connectivity index (χ0v) is 20.3. The molecule has 2 rings (SSSR count). The topological polar surface area (TPSA) is 78.1 Å². The molecule has 0 aromatic heterocycles. The Morgan fingerprint density at radius 2 is 1.03 bits per heavy atom. The Kier molecular flexibility index (Phi) is 9.05. The van der Waals surface area contributed by atoms with E-state index in [1.165, 1.54) is 0 Å². The Hall–Kier alpha value is -3.09. The van der Waals surface area contributed by atoms with Gasteiger partial charge in [-0.25, -0.2) is 4.79 Å². The van der Waals surface area contributed by atoms with Gasteiger partial charge in [0.1, 0.15) is 0 Å². The molecule has 0 saturated heterocycles. The number of ether oxygens (including phenoxy) is 4. The number of carbonyl (C=O) groups is 1. The van der Waals surface area contributed by atoms with Crippen LogP contribution in [0.2, 0.25) is 0 Å². The molecule has 7 nitrogen and oxygen atoms in total. The zero-order chi connectivity index (χ0) is 23.8. The fourth-order valence-electron chi connectivity index (χ4n) is 3.21. The van der Waals surface area contributed by atoms with E-state index in [1.807, 2.05) is 77.9 Å². The molecule has 0 aliphatic heterocycles. The predicted molar refractivity (Wildman–Crippen MR) is 126 cm³/mol. The maximum atomic E-state index is 12.6. The molecule has 0 aliphatic carbocycles. The molecule has 2 amide bonds. The molecule has 0 fully saturated rings. The fourth-order valence-corrected chi connectivity index (χ4v) is 3.21. The van der Waals surface area contributed by atoms with Crippen LogP contribution in [0.25, 0.3) is 0 Å². The van der Waals surface area contributed by atoms with Gasteiger partial charge in [-0.2, -0.15) is 0 Å². The fraction of sp³-hybridized carbons (Fsp3) is 0.480. The normalized spacial score (nSPS) is 12.8. The second kappa shape index (κ2) is 11.5. The molecule has 2 aromatic rings. The Balaban J connectivity index is 2.04. The van der Waals surface area contributed by atoms with E-state index < -0.39 is 0 Å². The number of methoxy groups -OCH3 is 2. The quantitative estimate of drug-likeness (QED) is 0.513. The van der Waals surface area contributed by atoms with Gasteiger partial charge in [0.2, 0.25) is 0 Å². The van der Waals surface area contributed by atoms with Gasteiger partial charge in [-0.1, -0.05) is 12.1 Å². The number of hydrogen-bond acceptors (Lipinski definition) is 5. The summed E-state index contributed by atoms with van der Waals surface area (Å²) in [6.07, 6.45) is 0.0874. The molecular weight excluding hydrogens is 408 g/mol. The Labute approximate surface area is 191 Å². The lowest BCUT2D eigenvalue weighted by molar-refractivity contribution is 0.229. The van der Waals surface area contributed by atoms with Crippen LogP contribution < -0.4 is 29.6 Å². The molecule has 0 spiro atoms. The lowest BCUT2D eigenvalue weighted by Crippen LogP contribution is -2.38. The molecule has 2 atom stereocenters. The van der Waals surface area contributed by atoms with Crippen molar-refractivity contribution < 1.29 is 23.7 Å². The first-order valence-electron chi connectivity index (χ1n) is 10.9. The lowest BCUT2D eigenvalue weighted by atomic mass is 10.1. The van der Waals surface area contributed by atoms with Crippen molar-refractivity contribution in [3.63, 3.8) is 0 Å². The average molecular weight is 445 g/mol. The summed E-state index contributed by atoms with van der Waals surface area (Å²) in [5, 5.41) is 5.94. The molecule has 0 heterocycles. The van der Waals surface area contributed by atoms with Crippen LogP contribution in [0.3, 0.4) is 0 Å². The third-order valence-corrected chi connectivity index (χ3v) is 4.80. The predicted octanol–water partition coefficient (Wildman–Crippen LogP) is 5.40. The van der Waals surface area contributed by atoms with Crippen molar-refractivity contribution in [1.29, 1.82) is 0 Å². The first-order chi connectivity index (χ1) is 15.1. The largest absolute Gasteiger partial charge is 0.493 e. The third kappa shape index (κ3) is 6.97. The van der Waals surface area contributed by atoms with Gasteiger partial charge in [-0.3, -0.25) is 0 Å². The van der Waals surface area contributed by atoms with Gasteiger partial charge in [0.15, 0.2) is 23.0 Å². The van der Waals surface area contributed by atoms with E-state index in [0.29, 0.717) is 23.0 Å². The summed E-state index contributed by atoms with van der Waals surface area (Å²) in [5.41, 5.74) is 1.83. The van der Waals surface area contributed by atoms with Gasteiger partial charge < -0.3 is 29.6 Å². The minimum Gasteiger partial charge on any atom is -0.493 e. The second-order valence-corrected chi connectivity index (χ2v) is 8.21. The van der Waals surface area contributed by atoms with Crippen LogP contribution in [-0.4, -0.2) is 32.5 Å². The Bertz CT molecular complexity index is 826. The molecule has 176 valence electrons. The monoisotopic (exact) mass is 444 g/mol. The summed E-state index contributed by atoms with van der Waals surface area (Å²) >= 11 is 0. The Morgan fingerprint density at radius 1 is 0.656 bits per heavy atom. The van der Waals surface area contributed by atoms with Crippen LogP contribution >= 0.6 is 0 Å². The van der Waals surface area contributed by atoms with Crippen LogP contribution in [0.1, 0.15) is 64.8 Å². The standard InChI is InChI=1S/C25H36N2O5/c1-15(2)31-21-11-9-19(13-23(21)29-7)17(5)26-25(28)27-18(6)20-10-12-22(32-16(3)4)24(14-20)30-8/h9-18H,1-8H3,(H2,26,27,28). The van der Waals surface area contributed by atoms with Gasteiger partial charge in [0.05, 0.1) is 38.5 Å². The molecule has 0 bridgehead atoms. The SMILES string of the molecule is COc1cc(C(C)NC(=O)NC(C)c2ccc(OC(C)C)c(OC)c2)ccc1OC(C)C. The minimum absolute atomic E-state index is 0.0437. The molecule has 7 heteroatoms. The number of nitrogens with one attached hydrogen (secondary N) is 2. The smallest absolute Gasteiger partial charge is 0.315 e. The average Bonchev–Trinajstić information content (AvgIpc) is 2.73. The number of urea groups is 1. The number of hydrogen-bond donors (Lipinski definition) is 2. The highest BCUT2D eigenvalue weighted by molar-refractivity contribution is 5.75. The van der Waals surface area contributed by atoms with E-state index in [-0.39, 0.29) is 30.3 Å². The molecule has 2 N–H and O–H groups in total. The van der Waals surface area contributed by atoms with E-state index in [1.54, 1.807) is 14.2 Å². The van der Waals surface area contributed by atoms with Gasteiger partial charge in [0, 0.05) is 0 Å². The first-order valence-corrected chi connectivity index (χ1v) is 10.9. The van der Waals surface area contributed by atoms with Gasteiger partial charge in [-0.15, -0.1) is 0 Å². The molecule has 2 unspecified atom stereocenters. The molecular formula is C25H36N2O5. The van der Waals surface area contributed by atoms with Gasteiger partial charge in [0.25, 0.3) is 0 Å². The van der Waals surface area contributed by atoms with E-state index in [2.05, 4.69) is 10.6 Å². The van der Waals surface area contributed by atoms with Gasteiger partial charge >= 0.3 is 6.03 Å². The van der Waals surface area contributed by atoms with Crippen LogP contribution in [0.15, 0.2) is 36.4 Å². The molecule has 2 aromatic carbocycles. The number of carbonyl (C=O) groups excluding carboxylic acids is 1. The van der Waals surface area contributed by atoms with Crippen LogP contribution in [0, 0.1) is 0 Å². The van der Waals surface area contributed by atoms with Crippen molar-refractivity contribution in [3.8, 4) is 23.0 Å². The van der Waals surface area contributed by atoms with E-state index >= 15 is 0 Å². The lowest BCUT2D eigenvalue weighted by Gasteiger charge is -2.21. The maximum Gasteiger partial charge on any atom is 0.315 e. The van der Waals surface area contributed by atoms with Crippen molar-refractivity contribution >= 4 is 6.03 Å². The van der Waals surface area contributed by atoms with E-state index in [9.17, 15) is 4.79 Å². The summed E-state index contributed by atoms with van der Waals surface area (Å²) in [7, 11) is 3.20. The number of amides is 2. The zero-order valence-electron chi connectivity index (χ0n) is 20.3. The van der Waals surface area contributed by atoms with Crippen molar-refractivity contribution in [2.45, 2.75) is 65.8 Å². The summed E-state index contributed by atoms with van der Waals surface area (Å²) in [5.74, 6) is 2.62. The first kappa shape index (κ1) is 25.2. The summed E-state index contributed by atoms with van der Waals surface area (Å²) in [6, 6.07) is 10.6. The number of benzene rings is 2. The summed E-state index contributed by atoms with van der Waals surface area (Å²) in [6.45, 7) is 11.7. The number of rotatable bonds is 10. The Morgan fingerprint density at radius 3 is 1.34 bits per heavy atom. The van der Waals surface area contributed by atoms with Crippen molar-refractivity contribution in [2.75, 3.05) is 14.2 Å². The molecule has 32 heavy (non-hydrogen) atoms. The minimum atomic E-state index is -0.270. The molecule has 0 radical (unpaired) electrons. The van der Waals surface area contributed by atoms with E-state index in [0.717, 1.165) is 11.1 Å². The van der Waals surface area contributed by atoms with Crippen molar-refractivity contribution in [2.24, 2.45) is 0 Å². The summed E-state index contributed by atoms with van der Waals surface area (Å²) < 4.78 is 22.4. The highest BCUT2D eigenvalue weighted by atomic mass is 16.5. The van der Waals surface area contributed by atoms with Crippen LogP contribution in [-0.2, 0) is 0 Å². The molecule has 0 aliphatic rings. The second-order valence-electron chi connectivity index (χ2n) is 8.21. The maximum absolute atomic E-state index is 12.6. The summed E-state index contributed by atoms with van der Waals surface area (Å²) in [4.78, 5) is 12.6. The third-order valence-electron chi connectivity index (χ3n) is 4.80. The van der Waals surface area contributed by atoms with E-state index in [4.69, 9.17) is 18.9 Å². The highest BCUT2D eigenvalue weighted by Crippen LogP contribution is 2.32. The van der Waals surface area contributed by atoms with Gasteiger partial charge in [-0.05, 0) is 76.9 Å². The van der Waals surface area contributed by atoms with Crippen LogP contribution in [0.4, 0.5) is 4.79 Å². The van der Waals surface area contributed by atoms with Crippen LogP contribution in [0.5, 0.6) is 23.0 Å².